The fourth-order valence-corrected chi connectivity index (χ4v) is 2.96. The van der Waals surface area contributed by atoms with Gasteiger partial charge in [0.15, 0.2) is 0 Å². The first kappa shape index (κ1) is 18.7. The van der Waals surface area contributed by atoms with Crippen LogP contribution < -0.4 is 10.2 Å². The summed E-state index contributed by atoms with van der Waals surface area (Å²) in [5, 5.41) is 19.4. The second-order valence-corrected chi connectivity index (χ2v) is 6.05. The molecule has 0 radical (unpaired) electrons. The molecule has 2 saturated heterocycles. The highest BCUT2D eigenvalue weighted by atomic mass is 19.4. The second-order valence-electron chi connectivity index (χ2n) is 6.05. The highest BCUT2D eigenvalue weighted by Gasteiger charge is 2.45. The first-order chi connectivity index (χ1) is 11.7. The van der Waals surface area contributed by atoms with Crippen LogP contribution in [0, 0.1) is 16.7 Å². The molecule has 0 saturated carbocycles. The van der Waals surface area contributed by atoms with E-state index < -0.39 is 12.1 Å². The number of amides is 1. The van der Waals surface area contributed by atoms with E-state index in [9.17, 15) is 18.0 Å². The monoisotopic (exact) mass is 355 g/mol. The number of halogens is 3. The minimum atomic E-state index is -5.08. The number of nitriles is 1. The number of carboxylic acids is 1. The molecule has 0 bridgehead atoms. The Bertz CT molecular complexity index is 707. The second kappa shape index (κ2) is 7.11. The zero-order valence-electron chi connectivity index (χ0n) is 13.1. The third kappa shape index (κ3) is 4.48. The number of carbonyl (C=O) groups excluding carboxylic acids is 1. The van der Waals surface area contributed by atoms with Gasteiger partial charge in [0, 0.05) is 30.6 Å². The molecule has 2 N–H and O–H groups in total. The summed E-state index contributed by atoms with van der Waals surface area (Å²) in [6, 6.07) is 9.40. The number of nitrogens with zero attached hydrogens (tertiary/aromatic N) is 2. The van der Waals surface area contributed by atoms with Crippen molar-refractivity contribution >= 4 is 17.6 Å². The van der Waals surface area contributed by atoms with E-state index in [1.54, 1.807) is 12.1 Å². The van der Waals surface area contributed by atoms with Crippen LogP contribution in [0.4, 0.5) is 18.9 Å². The Morgan fingerprint density at radius 1 is 1.40 bits per heavy atom. The van der Waals surface area contributed by atoms with Gasteiger partial charge in [-0.2, -0.15) is 18.4 Å². The highest BCUT2D eigenvalue weighted by Crippen LogP contribution is 2.39. The van der Waals surface area contributed by atoms with Crippen LogP contribution >= 0.6 is 0 Å². The predicted molar refractivity (Wildman–Crippen MR) is 81.7 cm³/mol. The van der Waals surface area contributed by atoms with Crippen LogP contribution in [0.2, 0.25) is 0 Å². The number of carbonyl (C=O) groups is 2. The molecular weight excluding hydrogens is 339 g/mol. The summed E-state index contributed by atoms with van der Waals surface area (Å²) in [5.41, 5.74) is 1.56. The van der Waals surface area contributed by atoms with Crippen molar-refractivity contribution in [3.8, 4) is 6.07 Å². The molecule has 2 fully saturated rings. The van der Waals surface area contributed by atoms with E-state index >= 15 is 0 Å². The molecule has 6 nitrogen and oxygen atoms in total. The molecule has 1 atom stereocenters. The lowest BCUT2D eigenvalue weighted by Gasteiger charge is -2.22. The van der Waals surface area contributed by atoms with E-state index in [1.807, 2.05) is 17.0 Å². The van der Waals surface area contributed by atoms with Crippen LogP contribution in [0.3, 0.4) is 0 Å². The molecule has 2 aliphatic rings. The number of carboxylic acid groups (broad SMARTS) is 1. The fourth-order valence-electron chi connectivity index (χ4n) is 2.96. The minimum Gasteiger partial charge on any atom is -0.475 e. The van der Waals surface area contributed by atoms with Crippen LogP contribution in [0.15, 0.2) is 24.3 Å². The Morgan fingerprint density at radius 2 is 2.08 bits per heavy atom. The number of benzene rings is 1. The van der Waals surface area contributed by atoms with Crippen molar-refractivity contribution in [2.75, 3.05) is 24.5 Å². The largest absolute Gasteiger partial charge is 0.490 e. The highest BCUT2D eigenvalue weighted by molar-refractivity contribution is 5.96. The zero-order chi connectivity index (χ0) is 18.7. The molecule has 1 aromatic carbocycles. The standard InChI is InChI=1S/C14H15N3O.C2HF3O2/c15-8-11-2-1-3-12(6-11)17-10-14(7-13(17)18)4-5-16-9-14;3-2(4,5)1(6)7/h1-3,6,16H,4-5,7,9-10H2;(H,6,7). The van der Waals surface area contributed by atoms with Crippen molar-refractivity contribution in [2.45, 2.75) is 19.0 Å². The fraction of sp³-hybridized carbons (Fsp3) is 0.438. The first-order valence-electron chi connectivity index (χ1n) is 7.48. The molecule has 2 aliphatic heterocycles. The van der Waals surface area contributed by atoms with Gasteiger partial charge in [-0.05, 0) is 31.2 Å². The van der Waals surface area contributed by atoms with Gasteiger partial charge in [0.2, 0.25) is 5.91 Å². The quantitative estimate of drug-likeness (QED) is 0.803. The maximum Gasteiger partial charge on any atom is 0.490 e. The normalized spacial score (nSPS) is 22.5. The average molecular weight is 355 g/mol. The molecule has 25 heavy (non-hydrogen) atoms. The summed E-state index contributed by atoms with van der Waals surface area (Å²) >= 11 is 0. The van der Waals surface area contributed by atoms with E-state index in [-0.39, 0.29) is 11.3 Å². The lowest BCUT2D eigenvalue weighted by molar-refractivity contribution is -0.192. The molecule has 1 spiro atoms. The van der Waals surface area contributed by atoms with Crippen molar-refractivity contribution in [3.05, 3.63) is 29.8 Å². The third-order valence-electron chi connectivity index (χ3n) is 4.18. The summed E-state index contributed by atoms with van der Waals surface area (Å²) in [4.78, 5) is 22.9. The van der Waals surface area contributed by atoms with Gasteiger partial charge >= 0.3 is 12.1 Å². The molecule has 0 aromatic heterocycles. The van der Waals surface area contributed by atoms with Gasteiger partial charge in [0.05, 0.1) is 11.6 Å². The molecule has 1 unspecified atom stereocenters. The maximum absolute atomic E-state index is 12.2. The Hall–Kier alpha value is -2.60. The first-order valence-corrected chi connectivity index (χ1v) is 7.48. The molecular formula is C16H16F3N3O3. The summed E-state index contributed by atoms with van der Waals surface area (Å²) < 4.78 is 31.7. The van der Waals surface area contributed by atoms with E-state index in [0.29, 0.717) is 12.0 Å². The van der Waals surface area contributed by atoms with Crippen molar-refractivity contribution in [3.63, 3.8) is 0 Å². The summed E-state index contributed by atoms with van der Waals surface area (Å²) in [6.45, 7) is 2.69. The summed E-state index contributed by atoms with van der Waals surface area (Å²) in [6.07, 6.45) is -3.40. The Kier molecular flexibility index (Phi) is 5.33. The number of hydrogen-bond donors (Lipinski definition) is 2. The van der Waals surface area contributed by atoms with Crippen LogP contribution in [-0.4, -0.2) is 42.8 Å². The van der Waals surface area contributed by atoms with Crippen LogP contribution in [0.25, 0.3) is 0 Å². The molecule has 1 aromatic rings. The predicted octanol–water partition coefficient (Wildman–Crippen LogP) is 1.91. The van der Waals surface area contributed by atoms with Gasteiger partial charge in [-0.15, -0.1) is 0 Å². The van der Waals surface area contributed by atoms with Crippen LogP contribution in [0.5, 0.6) is 0 Å². The Morgan fingerprint density at radius 3 is 2.60 bits per heavy atom. The van der Waals surface area contributed by atoms with Crippen molar-refractivity contribution in [2.24, 2.45) is 5.41 Å². The van der Waals surface area contributed by atoms with Gasteiger partial charge in [-0.1, -0.05) is 6.07 Å². The summed E-state index contributed by atoms with van der Waals surface area (Å²) in [5.74, 6) is -2.58. The number of nitrogens with one attached hydrogen (secondary N) is 1. The van der Waals surface area contributed by atoms with E-state index in [0.717, 1.165) is 31.7 Å². The van der Waals surface area contributed by atoms with E-state index in [1.165, 1.54) is 0 Å². The lowest BCUT2D eigenvalue weighted by Crippen LogP contribution is -2.29. The smallest absolute Gasteiger partial charge is 0.475 e. The molecule has 0 aliphatic carbocycles. The maximum atomic E-state index is 12.2. The number of alkyl halides is 3. The van der Waals surface area contributed by atoms with Crippen molar-refractivity contribution in [1.82, 2.24) is 5.32 Å². The SMILES string of the molecule is N#Cc1cccc(N2CC3(CCNC3)CC2=O)c1.O=C(O)C(F)(F)F. The van der Waals surface area contributed by atoms with Crippen molar-refractivity contribution < 1.29 is 27.9 Å². The van der Waals surface area contributed by atoms with Gasteiger partial charge in [0.25, 0.3) is 0 Å². The Labute approximate surface area is 141 Å². The number of aliphatic carboxylic acids is 1. The average Bonchev–Trinajstić information content (AvgIpc) is 3.14. The zero-order valence-corrected chi connectivity index (χ0v) is 13.1. The lowest BCUT2D eigenvalue weighted by atomic mass is 9.86. The third-order valence-corrected chi connectivity index (χ3v) is 4.18. The topological polar surface area (TPSA) is 93.4 Å². The minimum absolute atomic E-state index is 0.111. The van der Waals surface area contributed by atoms with Gasteiger partial charge in [-0.25, -0.2) is 4.79 Å². The van der Waals surface area contributed by atoms with Gasteiger partial charge in [0.1, 0.15) is 0 Å². The van der Waals surface area contributed by atoms with Crippen molar-refractivity contribution in [1.29, 1.82) is 5.26 Å². The number of anilines is 1. The van der Waals surface area contributed by atoms with Crippen LogP contribution in [-0.2, 0) is 9.59 Å². The van der Waals surface area contributed by atoms with Crippen LogP contribution in [0.1, 0.15) is 18.4 Å². The Balaban J connectivity index is 0.000000277. The van der Waals surface area contributed by atoms with E-state index in [2.05, 4.69) is 11.4 Å². The number of hydrogen-bond acceptors (Lipinski definition) is 4. The molecule has 9 heteroatoms. The summed E-state index contributed by atoms with van der Waals surface area (Å²) in [7, 11) is 0. The molecule has 2 heterocycles. The molecule has 1 amide bonds. The molecule has 134 valence electrons. The van der Waals surface area contributed by atoms with E-state index in [4.69, 9.17) is 15.2 Å². The van der Waals surface area contributed by atoms with Gasteiger partial charge in [-0.3, -0.25) is 4.79 Å². The number of rotatable bonds is 1. The molecule has 3 rings (SSSR count). The van der Waals surface area contributed by atoms with Gasteiger partial charge < -0.3 is 15.3 Å².